The molecular formula is C20H18FNO4S. The predicted molar refractivity (Wildman–Crippen MR) is 101 cm³/mol. The molecule has 0 aliphatic heterocycles. The lowest BCUT2D eigenvalue weighted by Crippen LogP contribution is -2.31. The van der Waals surface area contributed by atoms with Crippen molar-refractivity contribution in [3.63, 3.8) is 0 Å². The van der Waals surface area contributed by atoms with Crippen LogP contribution in [0.25, 0.3) is 11.0 Å². The Bertz CT molecular complexity index is 923. The highest BCUT2D eigenvalue weighted by Gasteiger charge is 2.16. The Kier molecular flexibility index (Phi) is 6.13. The van der Waals surface area contributed by atoms with E-state index in [1.54, 1.807) is 25.1 Å². The SMILES string of the molecule is C[C@@H](NC(=O)COC(=O)CSc1ccccc1F)c1cc2ccccc2o1. The zero-order valence-corrected chi connectivity index (χ0v) is 15.4. The fourth-order valence-corrected chi connectivity index (χ4v) is 3.19. The van der Waals surface area contributed by atoms with E-state index in [1.165, 1.54) is 6.07 Å². The Labute approximate surface area is 159 Å². The minimum Gasteiger partial charge on any atom is -0.459 e. The number of para-hydroxylation sites is 1. The zero-order valence-electron chi connectivity index (χ0n) is 14.6. The number of rotatable bonds is 7. The molecule has 0 aliphatic rings. The summed E-state index contributed by atoms with van der Waals surface area (Å²) in [6.07, 6.45) is 0. The van der Waals surface area contributed by atoms with Crippen molar-refractivity contribution < 1.29 is 23.1 Å². The van der Waals surface area contributed by atoms with Gasteiger partial charge in [0.15, 0.2) is 6.61 Å². The van der Waals surface area contributed by atoms with Crippen LogP contribution in [0.4, 0.5) is 4.39 Å². The number of halogens is 1. The van der Waals surface area contributed by atoms with Gasteiger partial charge in [-0.15, -0.1) is 11.8 Å². The van der Waals surface area contributed by atoms with Crippen LogP contribution in [0, 0.1) is 5.82 Å². The molecule has 1 atom stereocenters. The maximum absolute atomic E-state index is 13.5. The molecule has 1 amide bonds. The van der Waals surface area contributed by atoms with Gasteiger partial charge in [-0.3, -0.25) is 9.59 Å². The number of ether oxygens (including phenoxy) is 1. The third-order valence-corrected chi connectivity index (χ3v) is 4.82. The summed E-state index contributed by atoms with van der Waals surface area (Å²) >= 11 is 1.02. The minimum atomic E-state index is -0.588. The highest BCUT2D eigenvalue weighted by atomic mass is 32.2. The summed E-state index contributed by atoms with van der Waals surface area (Å²) in [7, 11) is 0. The molecule has 3 rings (SSSR count). The topological polar surface area (TPSA) is 68.5 Å². The molecule has 7 heteroatoms. The molecule has 0 saturated heterocycles. The standard InChI is InChI=1S/C20H18FNO4S/c1-13(17-10-14-6-2-4-8-16(14)26-17)22-19(23)11-25-20(24)12-27-18-9-5-3-7-15(18)21/h2-10,13H,11-12H2,1H3,(H,22,23)/t13-/m1/s1. The summed E-state index contributed by atoms with van der Waals surface area (Å²) in [6.45, 7) is 1.38. The van der Waals surface area contributed by atoms with Gasteiger partial charge in [0.25, 0.3) is 5.91 Å². The molecule has 1 aromatic heterocycles. The van der Waals surface area contributed by atoms with E-state index in [4.69, 9.17) is 9.15 Å². The molecule has 0 fully saturated rings. The number of nitrogens with one attached hydrogen (secondary N) is 1. The van der Waals surface area contributed by atoms with Crippen molar-refractivity contribution in [3.05, 3.63) is 66.2 Å². The number of carbonyl (C=O) groups excluding carboxylic acids is 2. The van der Waals surface area contributed by atoms with Crippen molar-refractivity contribution in [3.8, 4) is 0 Å². The van der Waals surface area contributed by atoms with Crippen LogP contribution >= 0.6 is 11.8 Å². The molecule has 0 bridgehead atoms. The molecule has 0 spiro atoms. The first kappa shape index (κ1) is 19.0. The summed E-state index contributed by atoms with van der Waals surface area (Å²) < 4.78 is 24.1. The molecule has 5 nitrogen and oxygen atoms in total. The van der Waals surface area contributed by atoms with Gasteiger partial charge in [0.1, 0.15) is 17.2 Å². The quantitative estimate of drug-likeness (QED) is 0.489. The van der Waals surface area contributed by atoms with E-state index in [-0.39, 0.29) is 11.8 Å². The number of hydrogen-bond acceptors (Lipinski definition) is 5. The van der Waals surface area contributed by atoms with Crippen LogP contribution in [0.5, 0.6) is 0 Å². The van der Waals surface area contributed by atoms with Crippen molar-refractivity contribution >= 4 is 34.6 Å². The van der Waals surface area contributed by atoms with E-state index in [1.807, 2.05) is 30.3 Å². The van der Waals surface area contributed by atoms with Gasteiger partial charge in [0.05, 0.1) is 11.8 Å². The van der Waals surface area contributed by atoms with Crippen LogP contribution in [0.2, 0.25) is 0 Å². The van der Waals surface area contributed by atoms with Gasteiger partial charge in [-0.25, -0.2) is 4.39 Å². The number of esters is 1. The first-order valence-electron chi connectivity index (χ1n) is 8.33. The van der Waals surface area contributed by atoms with E-state index in [9.17, 15) is 14.0 Å². The molecule has 3 aromatic rings. The van der Waals surface area contributed by atoms with Gasteiger partial charge in [-0.1, -0.05) is 30.3 Å². The Balaban J connectivity index is 1.44. The molecule has 0 unspecified atom stereocenters. The van der Waals surface area contributed by atoms with Crippen LogP contribution in [0.15, 0.2) is 63.9 Å². The van der Waals surface area contributed by atoms with Crippen LogP contribution in [0.1, 0.15) is 18.7 Å². The molecule has 0 radical (unpaired) electrons. The molecule has 1 heterocycles. The number of furan rings is 1. The first-order valence-corrected chi connectivity index (χ1v) is 9.32. The number of carbonyl (C=O) groups is 2. The average molecular weight is 387 g/mol. The fraction of sp³-hybridized carbons (Fsp3) is 0.200. The van der Waals surface area contributed by atoms with E-state index in [2.05, 4.69) is 5.32 Å². The van der Waals surface area contributed by atoms with Crippen LogP contribution < -0.4 is 5.32 Å². The van der Waals surface area contributed by atoms with Crippen molar-refractivity contribution in [2.45, 2.75) is 17.9 Å². The highest BCUT2D eigenvalue weighted by molar-refractivity contribution is 8.00. The number of benzene rings is 2. The normalized spacial score (nSPS) is 11.9. The molecule has 27 heavy (non-hydrogen) atoms. The zero-order chi connectivity index (χ0) is 19.2. The third kappa shape index (κ3) is 5.10. The molecule has 0 aliphatic carbocycles. The maximum atomic E-state index is 13.5. The van der Waals surface area contributed by atoms with Crippen LogP contribution in [0.3, 0.4) is 0 Å². The monoisotopic (exact) mass is 387 g/mol. The lowest BCUT2D eigenvalue weighted by molar-refractivity contribution is -0.146. The Morgan fingerprint density at radius 1 is 1.19 bits per heavy atom. The second-order valence-electron chi connectivity index (χ2n) is 5.86. The molecule has 1 N–H and O–H groups in total. The Morgan fingerprint density at radius 3 is 2.70 bits per heavy atom. The van der Waals surface area contributed by atoms with Gasteiger partial charge in [-0.05, 0) is 31.2 Å². The van der Waals surface area contributed by atoms with Crippen molar-refractivity contribution in [2.24, 2.45) is 0 Å². The highest BCUT2D eigenvalue weighted by Crippen LogP contribution is 2.23. The summed E-state index contributed by atoms with van der Waals surface area (Å²) in [5.74, 6) is -0.881. The van der Waals surface area contributed by atoms with Crippen LogP contribution in [-0.4, -0.2) is 24.2 Å². The smallest absolute Gasteiger partial charge is 0.316 e. The second-order valence-corrected chi connectivity index (χ2v) is 6.87. The number of hydrogen-bond donors (Lipinski definition) is 1. The predicted octanol–water partition coefficient (Wildman–Crippen LogP) is 4.08. The van der Waals surface area contributed by atoms with Gasteiger partial charge in [0.2, 0.25) is 0 Å². The minimum absolute atomic E-state index is 0.0761. The Morgan fingerprint density at radius 2 is 1.93 bits per heavy atom. The fourth-order valence-electron chi connectivity index (χ4n) is 2.46. The van der Waals surface area contributed by atoms with Crippen LogP contribution in [-0.2, 0) is 14.3 Å². The number of fused-ring (bicyclic) bond motifs is 1. The lowest BCUT2D eigenvalue weighted by atomic mass is 10.2. The van der Waals surface area contributed by atoms with E-state index >= 15 is 0 Å². The van der Waals surface area contributed by atoms with E-state index in [0.29, 0.717) is 10.7 Å². The molecule has 0 saturated carbocycles. The van der Waals surface area contributed by atoms with Crippen molar-refractivity contribution in [1.82, 2.24) is 5.32 Å². The van der Waals surface area contributed by atoms with Crippen molar-refractivity contribution in [2.75, 3.05) is 12.4 Å². The number of thioether (sulfide) groups is 1. The maximum Gasteiger partial charge on any atom is 0.316 e. The van der Waals surface area contributed by atoms with Crippen molar-refractivity contribution in [1.29, 1.82) is 0 Å². The lowest BCUT2D eigenvalue weighted by Gasteiger charge is -2.11. The second kappa shape index (κ2) is 8.73. The van der Waals surface area contributed by atoms with Gasteiger partial charge >= 0.3 is 5.97 Å². The summed E-state index contributed by atoms with van der Waals surface area (Å²) in [5, 5.41) is 3.67. The first-order chi connectivity index (χ1) is 13.0. The summed E-state index contributed by atoms with van der Waals surface area (Å²) in [5.41, 5.74) is 0.741. The average Bonchev–Trinajstić information content (AvgIpc) is 3.10. The molecular weight excluding hydrogens is 369 g/mol. The van der Waals surface area contributed by atoms with E-state index < -0.39 is 24.3 Å². The number of amides is 1. The van der Waals surface area contributed by atoms with Gasteiger partial charge in [-0.2, -0.15) is 0 Å². The summed E-state index contributed by atoms with van der Waals surface area (Å²) in [4.78, 5) is 24.1. The molecule has 2 aromatic carbocycles. The van der Waals surface area contributed by atoms with E-state index in [0.717, 1.165) is 22.7 Å². The Hall–Kier alpha value is -2.80. The summed E-state index contributed by atoms with van der Waals surface area (Å²) in [6, 6.07) is 15.2. The molecule has 140 valence electrons. The third-order valence-electron chi connectivity index (χ3n) is 3.80. The largest absolute Gasteiger partial charge is 0.459 e. The van der Waals surface area contributed by atoms with Gasteiger partial charge in [0, 0.05) is 10.3 Å². The van der Waals surface area contributed by atoms with Gasteiger partial charge < -0.3 is 14.5 Å².